The van der Waals surface area contributed by atoms with Crippen molar-refractivity contribution in [2.24, 2.45) is 0 Å². The molecule has 0 radical (unpaired) electrons. The Morgan fingerprint density at radius 3 is 2.56 bits per heavy atom. The average molecular weight is 253 g/mol. The van der Waals surface area contributed by atoms with Crippen molar-refractivity contribution in [2.45, 2.75) is 6.18 Å². The van der Waals surface area contributed by atoms with Gasteiger partial charge in [0.15, 0.2) is 0 Å². The minimum Gasteiger partial charge on any atom is -0.382 e. The SMILES string of the molecule is CSCCNc1cc(C(F)(F)F)ccc1F. The molecule has 16 heavy (non-hydrogen) atoms. The Labute approximate surface area is 95.2 Å². The van der Waals surface area contributed by atoms with Gasteiger partial charge in [-0.15, -0.1) is 0 Å². The third-order valence-corrected chi connectivity index (χ3v) is 2.53. The minimum absolute atomic E-state index is 0.108. The summed E-state index contributed by atoms with van der Waals surface area (Å²) in [5.74, 6) is 0.0319. The summed E-state index contributed by atoms with van der Waals surface area (Å²) >= 11 is 1.53. The summed E-state index contributed by atoms with van der Waals surface area (Å²) in [6, 6.07) is 2.34. The molecular weight excluding hydrogens is 242 g/mol. The summed E-state index contributed by atoms with van der Waals surface area (Å²) < 4.78 is 50.1. The smallest absolute Gasteiger partial charge is 0.382 e. The maximum absolute atomic E-state index is 13.1. The molecule has 0 fully saturated rings. The third-order valence-electron chi connectivity index (χ3n) is 1.92. The van der Waals surface area contributed by atoms with Crippen LogP contribution in [0.5, 0.6) is 0 Å². The predicted molar refractivity (Wildman–Crippen MR) is 58.3 cm³/mol. The van der Waals surface area contributed by atoms with Crippen LogP contribution in [0, 0.1) is 5.82 Å². The van der Waals surface area contributed by atoms with Gasteiger partial charge in [0, 0.05) is 12.3 Å². The summed E-state index contributed by atoms with van der Waals surface area (Å²) in [7, 11) is 0. The van der Waals surface area contributed by atoms with Crippen LogP contribution in [-0.2, 0) is 6.18 Å². The fourth-order valence-corrected chi connectivity index (χ4v) is 1.43. The predicted octanol–water partition coefficient (Wildman–Crippen LogP) is 3.62. The number of anilines is 1. The lowest BCUT2D eigenvalue weighted by Crippen LogP contribution is -2.09. The first kappa shape index (κ1) is 13.2. The number of alkyl halides is 3. The standard InChI is InChI=1S/C10H11F4NS/c1-16-5-4-15-9-6-7(10(12,13)14)2-3-8(9)11/h2-3,6,15H,4-5H2,1H3. The Balaban J connectivity index is 2.83. The molecule has 0 saturated heterocycles. The minimum atomic E-state index is -4.44. The van der Waals surface area contributed by atoms with Gasteiger partial charge in [-0.25, -0.2) is 4.39 Å². The fourth-order valence-electron chi connectivity index (χ4n) is 1.12. The molecule has 6 heteroatoms. The summed E-state index contributed by atoms with van der Waals surface area (Å²) in [5.41, 5.74) is -0.954. The van der Waals surface area contributed by atoms with Gasteiger partial charge in [-0.2, -0.15) is 24.9 Å². The zero-order valence-electron chi connectivity index (χ0n) is 8.57. The van der Waals surface area contributed by atoms with Gasteiger partial charge in [-0.3, -0.25) is 0 Å². The van der Waals surface area contributed by atoms with Crippen LogP contribution in [0.3, 0.4) is 0 Å². The van der Waals surface area contributed by atoms with Gasteiger partial charge in [0.2, 0.25) is 0 Å². The molecule has 1 aromatic carbocycles. The highest BCUT2D eigenvalue weighted by Gasteiger charge is 2.31. The molecule has 0 aliphatic rings. The van der Waals surface area contributed by atoms with Gasteiger partial charge in [0.1, 0.15) is 5.82 Å². The molecule has 90 valence electrons. The second-order valence-electron chi connectivity index (χ2n) is 3.11. The van der Waals surface area contributed by atoms with Gasteiger partial charge in [0.25, 0.3) is 0 Å². The van der Waals surface area contributed by atoms with Gasteiger partial charge in [0.05, 0.1) is 11.3 Å². The number of benzene rings is 1. The quantitative estimate of drug-likeness (QED) is 0.649. The first-order valence-corrected chi connectivity index (χ1v) is 5.94. The summed E-state index contributed by atoms with van der Waals surface area (Å²) in [6.07, 6.45) is -2.58. The fraction of sp³-hybridized carbons (Fsp3) is 0.400. The molecular formula is C10H11F4NS. The molecule has 0 heterocycles. The van der Waals surface area contributed by atoms with E-state index in [1.54, 1.807) is 0 Å². The van der Waals surface area contributed by atoms with Crippen LogP contribution in [0.25, 0.3) is 0 Å². The Hall–Kier alpha value is -0.910. The largest absolute Gasteiger partial charge is 0.416 e. The number of hydrogen-bond acceptors (Lipinski definition) is 2. The van der Waals surface area contributed by atoms with Crippen molar-refractivity contribution in [3.05, 3.63) is 29.6 Å². The second-order valence-corrected chi connectivity index (χ2v) is 4.10. The van der Waals surface area contributed by atoms with Crippen molar-refractivity contribution in [2.75, 3.05) is 23.9 Å². The number of halogens is 4. The second kappa shape index (κ2) is 5.43. The molecule has 0 aromatic heterocycles. The summed E-state index contributed by atoms with van der Waals surface area (Å²) in [4.78, 5) is 0. The number of thioether (sulfide) groups is 1. The van der Waals surface area contributed by atoms with Crippen molar-refractivity contribution in [3.8, 4) is 0 Å². The Bertz CT molecular complexity index is 351. The summed E-state index contributed by atoms with van der Waals surface area (Å²) in [5, 5.41) is 2.63. The van der Waals surface area contributed by atoms with Crippen LogP contribution in [0.4, 0.5) is 23.2 Å². The van der Waals surface area contributed by atoms with Gasteiger partial charge < -0.3 is 5.32 Å². The van der Waals surface area contributed by atoms with Crippen LogP contribution >= 0.6 is 11.8 Å². The molecule has 0 aliphatic carbocycles. The Morgan fingerprint density at radius 2 is 2.00 bits per heavy atom. The molecule has 0 spiro atoms. The number of nitrogens with one attached hydrogen (secondary N) is 1. The van der Waals surface area contributed by atoms with Crippen molar-refractivity contribution in [1.82, 2.24) is 0 Å². The van der Waals surface area contributed by atoms with E-state index in [2.05, 4.69) is 5.32 Å². The van der Waals surface area contributed by atoms with Crippen LogP contribution in [-0.4, -0.2) is 18.6 Å². The molecule has 0 atom stereocenters. The van der Waals surface area contributed by atoms with E-state index in [0.717, 1.165) is 18.2 Å². The van der Waals surface area contributed by atoms with Crippen LogP contribution < -0.4 is 5.32 Å². The van der Waals surface area contributed by atoms with Crippen LogP contribution in [0.1, 0.15) is 5.56 Å². The van der Waals surface area contributed by atoms with E-state index in [1.807, 2.05) is 6.26 Å². The molecule has 1 aromatic rings. The maximum atomic E-state index is 13.1. The maximum Gasteiger partial charge on any atom is 0.416 e. The normalized spacial score (nSPS) is 11.6. The average Bonchev–Trinajstić information content (AvgIpc) is 2.19. The highest BCUT2D eigenvalue weighted by molar-refractivity contribution is 7.98. The Kier molecular flexibility index (Phi) is 4.46. The lowest BCUT2D eigenvalue weighted by atomic mass is 10.2. The molecule has 1 rings (SSSR count). The van der Waals surface area contributed by atoms with Crippen LogP contribution in [0.2, 0.25) is 0 Å². The van der Waals surface area contributed by atoms with E-state index >= 15 is 0 Å². The molecule has 1 nitrogen and oxygen atoms in total. The van der Waals surface area contributed by atoms with Gasteiger partial charge >= 0.3 is 6.18 Å². The number of hydrogen-bond donors (Lipinski definition) is 1. The molecule has 0 unspecified atom stereocenters. The molecule has 0 saturated carbocycles. The lowest BCUT2D eigenvalue weighted by Gasteiger charge is -2.11. The molecule has 0 aliphatic heterocycles. The third kappa shape index (κ3) is 3.59. The summed E-state index contributed by atoms with van der Waals surface area (Å²) in [6.45, 7) is 0.430. The topological polar surface area (TPSA) is 12.0 Å². The highest BCUT2D eigenvalue weighted by Crippen LogP contribution is 2.31. The zero-order valence-corrected chi connectivity index (χ0v) is 9.38. The highest BCUT2D eigenvalue weighted by atomic mass is 32.2. The molecule has 1 N–H and O–H groups in total. The van der Waals surface area contributed by atoms with E-state index in [9.17, 15) is 17.6 Å². The first-order chi connectivity index (χ1) is 7.45. The monoisotopic (exact) mass is 253 g/mol. The van der Waals surface area contributed by atoms with E-state index < -0.39 is 17.6 Å². The van der Waals surface area contributed by atoms with Crippen molar-refractivity contribution < 1.29 is 17.6 Å². The number of rotatable bonds is 4. The van der Waals surface area contributed by atoms with Crippen molar-refractivity contribution in [3.63, 3.8) is 0 Å². The first-order valence-electron chi connectivity index (χ1n) is 4.54. The van der Waals surface area contributed by atoms with Crippen molar-refractivity contribution in [1.29, 1.82) is 0 Å². The Morgan fingerprint density at radius 1 is 1.31 bits per heavy atom. The van der Waals surface area contributed by atoms with E-state index in [0.29, 0.717) is 12.3 Å². The van der Waals surface area contributed by atoms with Crippen molar-refractivity contribution >= 4 is 17.4 Å². The van der Waals surface area contributed by atoms with Gasteiger partial charge in [-0.05, 0) is 24.5 Å². The zero-order chi connectivity index (χ0) is 12.2. The van der Waals surface area contributed by atoms with E-state index in [-0.39, 0.29) is 5.69 Å². The van der Waals surface area contributed by atoms with E-state index in [1.165, 1.54) is 11.8 Å². The van der Waals surface area contributed by atoms with E-state index in [4.69, 9.17) is 0 Å². The van der Waals surface area contributed by atoms with Gasteiger partial charge in [-0.1, -0.05) is 0 Å². The molecule has 0 bridgehead atoms. The van der Waals surface area contributed by atoms with Crippen LogP contribution in [0.15, 0.2) is 18.2 Å². The lowest BCUT2D eigenvalue weighted by molar-refractivity contribution is -0.137. The molecule has 0 amide bonds.